The molecule has 1 aromatic carbocycles. The Balaban J connectivity index is 1.20. The van der Waals surface area contributed by atoms with Crippen LogP contribution in [0.4, 0.5) is 5.69 Å². The molecule has 0 saturated carbocycles. The van der Waals surface area contributed by atoms with E-state index in [1.165, 1.54) is 20.0 Å². The highest BCUT2D eigenvalue weighted by atomic mass is 32.2. The zero-order valence-electron chi connectivity index (χ0n) is 17.4. The molecule has 9 nitrogen and oxygen atoms in total. The molecule has 0 atom stereocenters. The van der Waals surface area contributed by atoms with Crippen molar-refractivity contribution in [3.05, 3.63) is 63.5 Å². The molecular formula is C21H23N5O4S2. The Morgan fingerprint density at radius 1 is 1.06 bits per heavy atom. The van der Waals surface area contributed by atoms with Crippen LogP contribution in [0.3, 0.4) is 0 Å². The van der Waals surface area contributed by atoms with Crippen molar-refractivity contribution < 1.29 is 13.2 Å². The van der Waals surface area contributed by atoms with Crippen molar-refractivity contribution in [2.45, 2.75) is 13.0 Å². The van der Waals surface area contributed by atoms with Gasteiger partial charge in [-0.15, -0.1) is 11.3 Å². The molecule has 2 aromatic heterocycles. The number of anilines is 1. The number of thiazole rings is 1. The van der Waals surface area contributed by atoms with Crippen LogP contribution in [-0.2, 0) is 16.6 Å². The fourth-order valence-corrected chi connectivity index (χ4v) is 6.49. The smallest absolute Gasteiger partial charge is 0.258 e. The van der Waals surface area contributed by atoms with Crippen LogP contribution < -0.4 is 9.86 Å². The highest BCUT2D eigenvalue weighted by molar-refractivity contribution is 7.93. The maximum atomic E-state index is 12.9. The second-order valence-corrected chi connectivity index (χ2v) is 10.9. The van der Waals surface area contributed by atoms with Crippen LogP contribution in [0, 0.1) is 0 Å². The Morgan fingerprint density at radius 2 is 1.81 bits per heavy atom. The lowest BCUT2D eigenvalue weighted by Crippen LogP contribution is -2.48. The topological polar surface area (TPSA) is 95.3 Å². The summed E-state index contributed by atoms with van der Waals surface area (Å²) in [5, 5.41) is 1.84. The number of hydrogen-bond acceptors (Lipinski definition) is 7. The Labute approximate surface area is 189 Å². The van der Waals surface area contributed by atoms with Gasteiger partial charge in [-0.1, -0.05) is 0 Å². The van der Waals surface area contributed by atoms with Gasteiger partial charge < -0.3 is 4.90 Å². The summed E-state index contributed by atoms with van der Waals surface area (Å²) in [7, 11) is -3.23. The molecule has 2 aliphatic heterocycles. The number of nitrogens with zero attached hydrogens (tertiary/aromatic N) is 5. The Bertz CT molecular complexity index is 1310. The van der Waals surface area contributed by atoms with Crippen molar-refractivity contribution in [2.24, 2.45) is 0 Å². The number of amides is 1. The summed E-state index contributed by atoms with van der Waals surface area (Å²) in [6, 6.07) is 8.38. The number of hydrogen-bond donors (Lipinski definition) is 0. The highest BCUT2D eigenvalue weighted by Crippen LogP contribution is 2.24. The van der Waals surface area contributed by atoms with E-state index in [2.05, 4.69) is 9.88 Å². The van der Waals surface area contributed by atoms with Crippen LogP contribution in [0.1, 0.15) is 22.5 Å². The van der Waals surface area contributed by atoms with E-state index in [0.717, 1.165) is 5.69 Å². The molecule has 1 amide bonds. The molecule has 0 unspecified atom stereocenters. The maximum absolute atomic E-state index is 12.9. The molecule has 0 N–H and O–H groups in total. The minimum absolute atomic E-state index is 0.0585. The standard InChI is InChI=1S/C21H23N5O4S2/c27-19-14-17(22-21-25(19)11-12-31-21)15-23-7-9-24(10-8-23)20(28)16-2-4-18(5-3-16)26-6-1-13-32(26,29)30/h2-5,11-12,14H,1,6-10,13,15H2. The van der Waals surface area contributed by atoms with E-state index in [9.17, 15) is 18.0 Å². The largest absolute Gasteiger partial charge is 0.336 e. The van der Waals surface area contributed by atoms with Gasteiger partial charge >= 0.3 is 0 Å². The van der Waals surface area contributed by atoms with Crippen molar-refractivity contribution in [3.8, 4) is 0 Å². The lowest BCUT2D eigenvalue weighted by atomic mass is 10.1. The van der Waals surface area contributed by atoms with Gasteiger partial charge in [0.05, 0.1) is 17.1 Å². The zero-order valence-corrected chi connectivity index (χ0v) is 19.0. The zero-order chi connectivity index (χ0) is 22.3. The van der Waals surface area contributed by atoms with Gasteiger partial charge in [0.25, 0.3) is 11.5 Å². The summed E-state index contributed by atoms with van der Waals surface area (Å²) in [6.45, 7) is 3.62. The summed E-state index contributed by atoms with van der Waals surface area (Å²) in [5.74, 6) is 0.112. The molecule has 11 heteroatoms. The van der Waals surface area contributed by atoms with Crippen molar-refractivity contribution in [3.63, 3.8) is 0 Å². The quantitative estimate of drug-likeness (QED) is 0.566. The van der Waals surface area contributed by atoms with Gasteiger partial charge in [-0.2, -0.15) is 0 Å². The SMILES string of the molecule is O=C(c1ccc(N2CCCS2(=O)=O)cc1)N1CCN(Cc2cc(=O)n3ccsc3n2)CC1. The molecule has 0 radical (unpaired) electrons. The van der Waals surface area contributed by atoms with Gasteiger partial charge in [0.15, 0.2) is 4.96 Å². The number of benzene rings is 1. The van der Waals surface area contributed by atoms with Crippen molar-refractivity contribution in [2.75, 3.05) is 42.8 Å². The molecule has 168 valence electrons. The molecule has 32 heavy (non-hydrogen) atoms. The molecule has 0 spiro atoms. The Morgan fingerprint density at radius 3 is 2.50 bits per heavy atom. The van der Waals surface area contributed by atoms with Crippen molar-refractivity contribution in [1.29, 1.82) is 0 Å². The van der Waals surface area contributed by atoms with Gasteiger partial charge in [-0.05, 0) is 30.7 Å². The molecule has 0 bridgehead atoms. The Kier molecular flexibility index (Phi) is 5.48. The lowest BCUT2D eigenvalue weighted by Gasteiger charge is -2.34. The van der Waals surface area contributed by atoms with Gasteiger partial charge in [0.1, 0.15) is 0 Å². The number of carbonyl (C=O) groups excluding carboxylic acids is 1. The molecule has 2 aliphatic rings. The number of sulfonamides is 1. The normalized spacial score (nSPS) is 19.0. The van der Waals surface area contributed by atoms with Gasteiger partial charge in [-0.3, -0.25) is 23.2 Å². The van der Waals surface area contributed by atoms with Crippen LogP contribution in [-0.4, -0.2) is 72.0 Å². The Hall–Kier alpha value is -2.76. The lowest BCUT2D eigenvalue weighted by molar-refractivity contribution is 0.0627. The number of aromatic nitrogens is 2. The number of carbonyl (C=O) groups is 1. The van der Waals surface area contributed by atoms with Crippen LogP contribution in [0.15, 0.2) is 46.7 Å². The fourth-order valence-electron chi connectivity index (χ4n) is 4.19. The summed E-state index contributed by atoms with van der Waals surface area (Å²) < 4.78 is 27.1. The first-order valence-electron chi connectivity index (χ1n) is 10.5. The van der Waals surface area contributed by atoms with E-state index in [0.29, 0.717) is 61.9 Å². The van der Waals surface area contributed by atoms with Crippen LogP contribution in [0.25, 0.3) is 4.96 Å². The molecular weight excluding hydrogens is 450 g/mol. The second kappa shape index (κ2) is 8.30. The second-order valence-electron chi connectivity index (χ2n) is 8.00. The van der Waals surface area contributed by atoms with E-state index in [-0.39, 0.29) is 17.2 Å². The van der Waals surface area contributed by atoms with Gasteiger partial charge in [0, 0.05) is 62.5 Å². The van der Waals surface area contributed by atoms with E-state index < -0.39 is 10.0 Å². The number of piperazine rings is 1. The van der Waals surface area contributed by atoms with E-state index >= 15 is 0 Å². The first-order chi connectivity index (χ1) is 15.4. The fraction of sp³-hybridized carbons (Fsp3) is 0.381. The third-order valence-corrected chi connectivity index (χ3v) is 8.53. The molecule has 0 aliphatic carbocycles. The third-order valence-electron chi connectivity index (χ3n) is 5.90. The van der Waals surface area contributed by atoms with Crippen molar-refractivity contribution in [1.82, 2.24) is 19.2 Å². The summed E-state index contributed by atoms with van der Waals surface area (Å²) in [5.41, 5.74) is 1.82. The average Bonchev–Trinajstić information content (AvgIpc) is 3.40. The summed E-state index contributed by atoms with van der Waals surface area (Å²) in [4.78, 5) is 34.3. The predicted molar refractivity (Wildman–Crippen MR) is 123 cm³/mol. The monoisotopic (exact) mass is 473 g/mol. The number of fused-ring (bicyclic) bond motifs is 1. The molecule has 3 aromatic rings. The molecule has 2 saturated heterocycles. The predicted octanol–water partition coefficient (Wildman–Crippen LogP) is 1.25. The minimum atomic E-state index is -3.23. The minimum Gasteiger partial charge on any atom is -0.336 e. The highest BCUT2D eigenvalue weighted by Gasteiger charge is 2.29. The van der Waals surface area contributed by atoms with E-state index in [1.54, 1.807) is 36.5 Å². The third kappa shape index (κ3) is 4.03. The summed E-state index contributed by atoms with van der Waals surface area (Å²) in [6.07, 6.45) is 2.35. The summed E-state index contributed by atoms with van der Waals surface area (Å²) >= 11 is 1.43. The van der Waals surface area contributed by atoms with Crippen molar-refractivity contribution >= 4 is 37.9 Å². The van der Waals surface area contributed by atoms with E-state index in [1.807, 2.05) is 10.3 Å². The molecule has 4 heterocycles. The maximum Gasteiger partial charge on any atom is 0.258 e. The number of rotatable bonds is 4. The molecule has 5 rings (SSSR count). The van der Waals surface area contributed by atoms with Crippen LogP contribution >= 0.6 is 11.3 Å². The van der Waals surface area contributed by atoms with Crippen LogP contribution in [0.5, 0.6) is 0 Å². The first kappa shape index (κ1) is 21.1. The van der Waals surface area contributed by atoms with Crippen LogP contribution in [0.2, 0.25) is 0 Å². The average molecular weight is 474 g/mol. The van der Waals surface area contributed by atoms with Gasteiger partial charge in [0.2, 0.25) is 10.0 Å². The van der Waals surface area contributed by atoms with Gasteiger partial charge in [-0.25, -0.2) is 13.4 Å². The van der Waals surface area contributed by atoms with E-state index in [4.69, 9.17) is 0 Å². The first-order valence-corrected chi connectivity index (χ1v) is 13.0. The molecule has 2 fully saturated rings.